The van der Waals surface area contributed by atoms with Crippen LogP contribution in [0.3, 0.4) is 0 Å². The van der Waals surface area contributed by atoms with E-state index >= 15 is 0 Å². The molecule has 7 nitrogen and oxygen atoms in total. The zero-order valence-corrected chi connectivity index (χ0v) is 16.7. The number of hydrogen-bond donors (Lipinski definition) is 1. The Kier molecular flexibility index (Phi) is 3.35. The molecule has 0 saturated carbocycles. The average Bonchev–Trinajstić information content (AvgIpc) is 3.13. The number of carbonyl (C=O) groups excluding carboxylic acids is 1. The molecule has 6 rings (SSSR count). The van der Waals surface area contributed by atoms with Crippen molar-refractivity contribution in [3.05, 3.63) is 56.4 Å². The van der Waals surface area contributed by atoms with E-state index in [4.69, 9.17) is 14.5 Å². The number of nitrogens with zero attached hydrogens (tertiary/aromatic N) is 2. The fraction of sp³-hybridized carbons (Fsp3) is 0.348. The van der Waals surface area contributed by atoms with Gasteiger partial charge in [-0.25, -0.2) is 9.78 Å². The Morgan fingerprint density at radius 3 is 2.83 bits per heavy atom. The summed E-state index contributed by atoms with van der Waals surface area (Å²) in [6.45, 7) is 4.61. The molecule has 0 fully saturated rings. The molecule has 0 bridgehead atoms. The van der Waals surface area contributed by atoms with Crippen LogP contribution in [-0.2, 0) is 34.7 Å². The molecule has 3 aromatic rings. The highest BCUT2D eigenvalue weighted by molar-refractivity contribution is 5.94. The van der Waals surface area contributed by atoms with Crippen molar-refractivity contribution in [3.8, 4) is 17.1 Å². The molecule has 30 heavy (non-hydrogen) atoms. The minimum Gasteiger partial charge on any atom is -0.492 e. The monoisotopic (exact) mass is 404 g/mol. The zero-order valence-electron chi connectivity index (χ0n) is 16.7. The molecular formula is C23H20N2O5. The Balaban J connectivity index is 1.68. The van der Waals surface area contributed by atoms with Crippen LogP contribution < -0.4 is 10.3 Å². The van der Waals surface area contributed by atoms with E-state index in [0.717, 1.165) is 39.9 Å². The maximum Gasteiger partial charge on any atom is 0.343 e. The normalized spacial score (nSPS) is 21.0. The van der Waals surface area contributed by atoms with Crippen LogP contribution in [0.5, 0.6) is 5.75 Å². The number of esters is 1. The number of pyridine rings is 2. The summed E-state index contributed by atoms with van der Waals surface area (Å²) in [5.74, 6) is 0.157. The second-order valence-corrected chi connectivity index (χ2v) is 8.22. The lowest BCUT2D eigenvalue weighted by atomic mass is 9.86. The van der Waals surface area contributed by atoms with Crippen LogP contribution in [0.2, 0.25) is 0 Å². The van der Waals surface area contributed by atoms with Crippen molar-refractivity contribution in [1.82, 2.24) is 9.55 Å². The van der Waals surface area contributed by atoms with Gasteiger partial charge in [0.15, 0.2) is 5.60 Å². The number of rotatable bonds is 1. The smallest absolute Gasteiger partial charge is 0.343 e. The fourth-order valence-corrected chi connectivity index (χ4v) is 5.05. The second kappa shape index (κ2) is 5.70. The van der Waals surface area contributed by atoms with Crippen LogP contribution >= 0.6 is 0 Å². The Hall–Kier alpha value is -3.19. The lowest BCUT2D eigenvalue weighted by Gasteiger charge is -2.31. The first kappa shape index (κ1) is 17.7. The third-order valence-electron chi connectivity index (χ3n) is 6.72. The van der Waals surface area contributed by atoms with Gasteiger partial charge in [0.25, 0.3) is 5.56 Å². The summed E-state index contributed by atoms with van der Waals surface area (Å²) in [4.78, 5) is 30.5. The molecule has 152 valence electrons. The second-order valence-electron chi connectivity index (χ2n) is 8.22. The quantitative estimate of drug-likeness (QED) is 0.490. The van der Waals surface area contributed by atoms with Gasteiger partial charge in [-0.3, -0.25) is 4.79 Å². The molecular weight excluding hydrogens is 384 g/mol. The molecule has 0 aliphatic carbocycles. The largest absolute Gasteiger partial charge is 0.492 e. The molecule has 1 aromatic carbocycles. The summed E-state index contributed by atoms with van der Waals surface area (Å²) < 4.78 is 12.7. The summed E-state index contributed by atoms with van der Waals surface area (Å²) in [5.41, 5.74) is 4.10. The van der Waals surface area contributed by atoms with Crippen LogP contribution in [0, 0.1) is 6.92 Å². The first-order chi connectivity index (χ1) is 14.4. The molecule has 0 amide bonds. The van der Waals surface area contributed by atoms with Crippen molar-refractivity contribution < 1.29 is 19.4 Å². The van der Waals surface area contributed by atoms with E-state index in [2.05, 4.69) is 0 Å². The van der Waals surface area contributed by atoms with Gasteiger partial charge in [0.1, 0.15) is 12.4 Å². The van der Waals surface area contributed by atoms with Gasteiger partial charge in [0.05, 0.1) is 35.6 Å². The van der Waals surface area contributed by atoms with Gasteiger partial charge < -0.3 is 19.1 Å². The van der Waals surface area contributed by atoms with E-state index in [1.165, 1.54) is 5.56 Å². The van der Waals surface area contributed by atoms with Gasteiger partial charge in [-0.15, -0.1) is 0 Å². The lowest BCUT2D eigenvalue weighted by Crippen LogP contribution is -2.44. The molecule has 1 atom stereocenters. The Bertz CT molecular complexity index is 1360. The minimum absolute atomic E-state index is 0.120. The maximum atomic E-state index is 13.3. The van der Waals surface area contributed by atoms with Gasteiger partial charge in [0, 0.05) is 22.9 Å². The van der Waals surface area contributed by atoms with Crippen molar-refractivity contribution in [1.29, 1.82) is 0 Å². The topological polar surface area (TPSA) is 90.7 Å². The summed E-state index contributed by atoms with van der Waals surface area (Å²) in [7, 11) is 0. The first-order valence-corrected chi connectivity index (χ1v) is 10.2. The predicted octanol–water partition coefficient (Wildman–Crippen LogP) is 2.32. The fourth-order valence-electron chi connectivity index (χ4n) is 5.05. The zero-order chi connectivity index (χ0) is 20.8. The predicted molar refractivity (Wildman–Crippen MR) is 108 cm³/mol. The molecule has 7 heteroatoms. The van der Waals surface area contributed by atoms with E-state index < -0.39 is 11.6 Å². The highest BCUT2D eigenvalue weighted by Gasteiger charge is 2.45. The van der Waals surface area contributed by atoms with E-state index in [9.17, 15) is 14.7 Å². The molecule has 0 saturated heterocycles. The standard InChI is InChI=1S/C23H20N2O5/c1-3-23(28)15-8-17-19-13(9-25(17)21(26)14(15)10-30-22(23)27)12-6-7-29-20-11(2)4-5-16(24-19)18(12)20/h4-5,8,28H,3,6-7,9-10H2,1-2H3. The van der Waals surface area contributed by atoms with Gasteiger partial charge in [0.2, 0.25) is 0 Å². The van der Waals surface area contributed by atoms with E-state index in [1.807, 2.05) is 19.1 Å². The average molecular weight is 404 g/mol. The summed E-state index contributed by atoms with van der Waals surface area (Å²) in [6, 6.07) is 5.73. The Labute approximate surface area is 171 Å². The Morgan fingerprint density at radius 2 is 2.03 bits per heavy atom. The third-order valence-corrected chi connectivity index (χ3v) is 6.72. The number of hydrogen-bond acceptors (Lipinski definition) is 6. The number of cyclic esters (lactones) is 1. The van der Waals surface area contributed by atoms with Gasteiger partial charge in [-0.2, -0.15) is 0 Å². The van der Waals surface area contributed by atoms with Gasteiger partial charge >= 0.3 is 5.97 Å². The number of benzene rings is 1. The molecule has 3 aliphatic heterocycles. The number of carbonyl (C=O) groups is 1. The number of aliphatic hydroxyl groups is 1. The summed E-state index contributed by atoms with van der Waals surface area (Å²) >= 11 is 0. The Morgan fingerprint density at radius 1 is 1.20 bits per heavy atom. The highest BCUT2D eigenvalue weighted by Crippen LogP contribution is 2.43. The maximum absolute atomic E-state index is 13.3. The van der Waals surface area contributed by atoms with E-state index in [1.54, 1.807) is 17.6 Å². The third kappa shape index (κ3) is 2.00. The van der Waals surface area contributed by atoms with Crippen molar-refractivity contribution in [3.63, 3.8) is 0 Å². The molecule has 0 spiro atoms. The van der Waals surface area contributed by atoms with Crippen LogP contribution in [-0.4, -0.2) is 27.2 Å². The number of aryl methyl sites for hydroxylation is 1. The van der Waals surface area contributed by atoms with E-state index in [0.29, 0.717) is 30.0 Å². The van der Waals surface area contributed by atoms with Crippen molar-refractivity contribution in [2.24, 2.45) is 0 Å². The van der Waals surface area contributed by atoms with Gasteiger partial charge in [-0.05, 0) is 36.6 Å². The summed E-state index contributed by atoms with van der Waals surface area (Å²) in [6.07, 6.45) is 0.881. The van der Waals surface area contributed by atoms with Crippen LogP contribution in [0.15, 0.2) is 23.0 Å². The van der Waals surface area contributed by atoms with Crippen molar-refractivity contribution >= 4 is 16.9 Å². The molecule has 1 N–H and O–H groups in total. The van der Waals surface area contributed by atoms with E-state index in [-0.39, 0.29) is 18.6 Å². The highest BCUT2D eigenvalue weighted by atomic mass is 16.6. The first-order valence-electron chi connectivity index (χ1n) is 10.2. The van der Waals surface area contributed by atoms with Crippen LogP contribution in [0.4, 0.5) is 0 Å². The number of aromatic nitrogens is 2. The minimum atomic E-state index is -1.81. The SMILES string of the molecule is CCC1(O)C(=O)OCc2c1cc1n(c2=O)Cc2c-1nc1ccc(C)c3c1c2CCO3. The molecule has 2 aromatic heterocycles. The summed E-state index contributed by atoms with van der Waals surface area (Å²) in [5, 5.41) is 12.0. The number of fused-ring (bicyclic) bond motifs is 5. The van der Waals surface area contributed by atoms with Gasteiger partial charge in [-0.1, -0.05) is 13.0 Å². The molecule has 3 aliphatic rings. The van der Waals surface area contributed by atoms with Crippen molar-refractivity contribution in [2.45, 2.75) is 45.4 Å². The van der Waals surface area contributed by atoms with Crippen molar-refractivity contribution in [2.75, 3.05) is 6.61 Å². The molecule has 0 radical (unpaired) electrons. The van der Waals surface area contributed by atoms with Crippen LogP contribution in [0.1, 0.15) is 41.2 Å². The number of ether oxygens (including phenoxy) is 2. The molecule has 1 unspecified atom stereocenters. The van der Waals surface area contributed by atoms with Crippen LogP contribution in [0.25, 0.3) is 22.3 Å². The lowest BCUT2D eigenvalue weighted by molar-refractivity contribution is -0.172. The molecule has 5 heterocycles.